The van der Waals surface area contributed by atoms with Crippen LogP contribution in [0, 0.1) is 17.6 Å². The topological polar surface area (TPSA) is 106 Å². The van der Waals surface area contributed by atoms with E-state index in [4.69, 9.17) is 11.5 Å². The van der Waals surface area contributed by atoms with Crippen LogP contribution in [-0.2, 0) is 16.4 Å². The average Bonchev–Trinajstić information content (AvgIpc) is 2.75. The van der Waals surface area contributed by atoms with Crippen LogP contribution in [0.2, 0.25) is 0 Å². The van der Waals surface area contributed by atoms with Crippen molar-refractivity contribution in [2.45, 2.75) is 49.1 Å². The Balaban J connectivity index is 1.64. The van der Waals surface area contributed by atoms with E-state index in [2.05, 4.69) is 0 Å². The number of rotatable bonds is 7. The molecule has 2 aromatic carbocycles. The summed E-state index contributed by atoms with van der Waals surface area (Å²) in [6, 6.07) is 8.46. The molecule has 1 aliphatic rings. The van der Waals surface area contributed by atoms with Gasteiger partial charge >= 0.3 is 0 Å². The molecule has 0 unspecified atom stereocenters. The molecule has 0 spiro atoms. The molecule has 168 valence electrons. The zero-order valence-electron chi connectivity index (χ0n) is 17.3. The Hall–Kier alpha value is -2.36. The molecule has 3 rings (SSSR count). The van der Waals surface area contributed by atoms with Crippen molar-refractivity contribution < 1.29 is 22.0 Å². The number of primary amides is 1. The fourth-order valence-electron chi connectivity index (χ4n) is 4.19. The van der Waals surface area contributed by atoms with Gasteiger partial charge in [0.2, 0.25) is 15.9 Å². The zero-order valence-corrected chi connectivity index (χ0v) is 18.1. The SMILES string of the molecule is CN(C1CCC([C@H](N)Cc2cc(F)ccc2F)CC1)S(=O)(=O)c1cccc(C(N)=O)c1. The van der Waals surface area contributed by atoms with Gasteiger partial charge in [0, 0.05) is 24.7 Å². The van der Waals surface area contributed by atoms with Gasteiger partial charge in [0.15, 0.2) is 0 Å². The molecule has 0 aliphatic heterocycles. The Morgan fingerprint density at radius 1 is 1.13 bits per heavy atom. The lowest BCUT2D eigenvalue weighted by Crippen LogP contribution is -2.42. The van der Waals surface area contributed by atoms with Gasteiger partial charge in [-0.05, 0) is 80.0 Å². The fraction of sp³-hybridized carbons (Fsp3) is 0.409. The van der Waals surface area contributed by atoms with Gasteiger partial charge in [0.05, 0.1) is 4.90 Å². The van der Waals surface area contributed by atoms with Crippen LogP contribution in [0.4, 0.5) is 8.78 Å². The van der Waals surface area contributed by atoms with Gasteiger partial charge < -0.3 is 11.5 Å². The predicted molar refractivity (Wildman–Crippen MR) is 114 cm³/mol. The highest BCUT2D eigenvalue weighted by Gasteiger charge is 2.33. The van der Waals surface area contributed by atoms with E-state index in [1.165, 1.54) is 41.7 Å². The Bertz CT molecular complexity index is 1050. The van der Waals surface area contributed by atoms with Gasteiger partial charge in [-0.2, -0.15) is 4.31 Å². The summed E-state index contributed by atoms with van der Waals surface area (Å²) in [5, 5.41) is 0. The maximum Gasteiger partial charge on any atom is 0.248 e. The van der Waals surface area contributed by atoms with Crippen molar-refractivity contribution >= 4 is 15.9 Å². The number of halogens is 2. The number of hydrogen-bond acceptors (Lipinski definition) is 4. The van der Waals surface area contributed by atoms with Crippen molar-refractivity contribution in [3.05, 3.63) is 65.2 Å². The summed E-state index contributed by atoms with van der Waals surface area (Å²) < 4.78 is 54.7. The lowest BCUT2D eigenvalue weighted by Gasteiger charge is -2.36. The summed E-state index contributed by atoms with van der Waals surface area (Å²) in [7, 11) is -2.26. The van der Waals surface area contributed by atoms with Gasteiger partial charge in [0.1, 0.15) is 11.6 Å². The predicted octanol–water partition coefficient (Wildman–Crippen LogP) is 2.81. The van der Waals surface area contributed by atoms with Crippen molar-refractivity contribution in [2.24, 2.45) is 17.4 Å². The standard InChI is InChI=1S/C22H27F2N3O3S/c1-27(31(29,30)19-4-2-3-15(12-19)22(26)28)18-8-5-14(6-9-18)21(25)13-16-11-17(23)7-10-20(16)24/h2-4,7,10-12,14,18,21H,5-6,8-9,13,25H2,1H3,(H2,26,28)/t14?,18?,21-/m1/s1. The van der Waals surface area contributed by atoms with Gasteiger partial charge in [0.25, 0.3) is 0 Å². The summed E-state index contributed by atoms with van der Waals surface area (Å²) in [5.74, 6) is -1.58. The molecule has 0 radical (unpaired) electrons. The quantitative estimate of drug-likeness (QED) is 0.675. The van der Waals surface area contributed by atoms with Crippen molar-refractivity contribution in [3.63, 3.8) is 0 Å². The minimum Gasteiger partial charge on any atom is -0.366 e. The summed E-state index contributed by atoms with van der Waals surface area (Å²) in [6.07, 6.45) is 2.81. The van der Waals surface area contributed by atoms with E-state index in [-0.39, 0.29) is 40.4 Å². The van der Waals surface area contributed by atoms with Crippen LogP contribution in [0.1, 0.15) is 41.6 Å². The van der Waals surface area contributed by atoms with E-state index in [9.17, 15) is 22.0 Å². The Morgan fingerprint density at radius 2 is 1.81 bits per heavy atom. The van der Waals surface area contributed by atoms with Crippen LogP contribution in [-0.4, -0.2) is 37.8 Å². The molecule has 2 aromatic rings. The minimum absolute atomic E-state index is 0.0201. The van der Waals surface area contributed by atoms with Crippen molar-refractivity contribution in [2.75, 3.05) is 7.05 Å². The summed E-state index contributed by atoms with van der Waals surface area (Å²) >= 11 is 0. The molecule has 0 bridgehead atoms. The molecule has 31 heavy (non-hydrogen) atoms. The Morgan fingerprint density at radius 3 is 2.45 bits per heavy atom. The molecule has 0 saturated heterocycles. The number of nitrogens with zero attached hydrogens (tertiary/aromatic N) is 1. The molecule has 9 heteroatoms. The third kappa shape index (κ3) is 5.28. The number of carbonyl (C=O) groups excluding carboxylic acids is 1. The van der Waals surface area contributed by atoms with Crippen LogP contribution < -0.4 is 11.5 Å². The first-order chi connectivity index (χ1) is 14.6. The second-order valence-corrected chi connectivity index (χ2v) is 10.1. The maximum absolute atomic E-state index is 13.9. The third-order valence-corrected chi connectivity index (χ3v) is 8.03. The Kier molecular flexibility index (Phi) is 7.08. The van der Waals surface area contributed by atoms with Gasteiger partial charge in [-0.15, -0.1) is 0 Å². The van der Waals surface area contributed by atoms with E-state index < -0.39 is 27.6 Å². The number of sulfonamides is 1. The first-order valence-electron chi connectivity index (χ1n) is 10.2. The first kappa shape index (κ1) is 23.3. The maximum atomic E-state index is 13.9. The smallest absolute Gasteiger partial charge is 0.248 e. The number of hydrogen-bond donors (Lipinski definition) is 2. The number of nitrogens with two attached hydrogens (primary N) is 2. The van der Waals surface area contributed by atoms with Gasteiger partial charge in [-0.1, -0.05) is 6.07 Å². The zero-order chi connectivity index (χ0) is 22.8. The van der Waals surface area contributed by atoms with Gasteiger partial charge in [-0.3, -0.25) is 4.79 Å². The highest BCUT2D eigenvalue weighted by Crippen LogP contribution is 2.32. The molecule has 6 nitrogen and oxygen atoms in total. The normalized spacial score (nSPS) is 20.5. The molecule has 1 atom stereocenters. The van der Waals surface area contributed by atoms with Crippen LogP contribution in [0.15, 0.2) is 47.4 Å². The minimum atomic E-state index is -3.79. The number of carbonyl (C=O) groups is 1. The van der Waals surface area contributed by atoms with E-state index in [0.29, 0.717) is 25.7 Å². The van der Waals surface area contributed by atoms with Crippen LogP contribution >= 0.6 is 0 Å². The summed E-state index contributed by atoms with van der Waals surface area (Å²) in [6.45, 7) is 0. The molecular formula is C22H27F2N3O3S. The second kappa shape index (κ2) is 9.42. The summed E-state index contributed by atoms with van der Waals surface area (Å²) in [4.78, 5) is 11.4. The van der Waals surface area contributed by atoms with Crippen molar-refractivity contribution in [1.82, 2.24) is 4.31 Å². The summed E-state index contributed by atoms with van der Waals surface area (Å²) in [5.41, 5.74) is 11.9. The molecule has 0 heterocycles. The van der Waals surface area contributed by atoms with E-state index in [1.807, 2.05) is 0 Å². The molecule has 1 fully saturated rings. The first-order valence-corrected chi connectivity index (χ1v) is 11.6. The average molecular weight is 452 g/mol. The molecular weight excluding hydrogens is 424 g/mol. The van der Waals surface area contributed by atoms with Crippen LogP contribution in [0.3, 0.4) is 0 Å². The van der Waals surface area contributed by atoms with Crippen LogP contribution in [0.25, 0.3) is 0 Å². The monoisotopic (exact) mass is 451 g/mol. The van der Waals surface area contributed by atoms with Crippen molar-refractivity contribution in [1.29, 1.82) is 0 Å². The largest absolute Gasteiger partial charge is 0.366 e. The third-order valence-electron chi connectivity index (χ3n) is 6.12. The number of benzene rings is 2. The highest BCUT2D eigenvalue weighted by molar-refractivity contribution is 7.89. The highest BCUT2D eigenvalue weighted by atomic mass is 32.2. The van der Waals surface area contributed by atoms with Crippen LogP contribution in [0.5, 0.6) is 0 Å². The Labute approximate surface area is 181 Å². The molecule has 1 aliphatic carbocycles. The van der Waals surface area contributed by atoms with E-state index in [1.54, 1.807) is 0 Å². The van der Waals surface area contributed by atoms with E-state index >= 15 is 0 Å². The second-order valence-electron chi connectivity index (χ2n) is 8.09. The van der Waals surface area contributed by atoms with Crippen molar-refractivity contribution in [3.8, 4) is 0 Å². The lowest BCUT2D eigenvalue weighted by molar-refractivity contribution is 0.1000. The number of amides is 1. The molecule has 1 saturated carbocycles. The van der Waals surface area contributed by atoms with E-state index in [0.717, 1.165) is 12.1 Å². The van der Waals surface area contributed by atoms with Gasteiger partial charge in [-0.25, -0.2) is 17.2 Å². The lowest BCUT2D eigenvalue weighted by atomic mass is 9.80. The molecule has 0 aromatic heterocycles. The molecule has 4 N–H and O–H groups in total. The molecule has 1 amide bonds. The fourth-order valence-corrected chi connectivity index (χ4v) is 5.65.